The van der Waals surface area contributed by atoms with Crippen LogP contribution in [0.15, 0.2) is 58.9 Å². The van der Waals surface area contributed by atoms with Gasteiger partial charge in [-0.25, -0.2) is 9.78 Å². The van der Waals surface area contributed by atoms with Gasteiger partial charge in [-0.15, -0.1) is 23.1 Å². The Bertz CT molecular complexity index is 1240. The Labute approximate surface area is 206 Å². The van der Waals surface area contributed by atoms with Gasteiger partial charge < -0.3 is 20.6 Å². The van der Waals surface area contributed by atoms with E-state index in [4.69, 9.17) is 4.84 Å². The Morgan fingerprint density at radius 2 is 2.23 bits per heavy atom. The highest BCUT2D eigenvalue weighted by atomic mass is 32.2. The summed E-state index contributed by atoms with van der Waals surface area (Å²) in [6, 6.07) is 4.26. The maximum absolute atomic E-state index is 13.1. The molecule has 2 aliphatic heterocycles. The average molecular weight is 515 g/mol. The minimum absolute atomic E-state index is 0.0209. The summed E-state index contributed by atoms with van der Waals surface area (Å²) >= 11 is 2.38. The molecule has 0 spiro atoms. The normalized spacial score (nSPS) is 19.4. The predicted molar refractivity (Wildman–Crippen MR) is 127 cm³/mol. The lowest BCUT2D eigenvalue weighted by Gasteiger charge is -2.49. The van der Waals surface area contributed by atoms with Crippen LogP contribution < -0.4 is 10.6 Å². The fraction of sp³-hybridized carbons (Fsp3) is 0.190. The number of amides is 3. The van der Waals surface area contributed by atoms with Crippen molar-refractivity contribution in [2.75, 3.05) is 11.1 Å². The van der Waals surface area contributed by atoms with Gasteiger partial charge in [-0.2, -0.15) is 0 Å². The van der Waals surface area contributed by atoms with Crippen molar-refractivity contribution in [3.8, 4) is 0 Å². The van der Waals surface area contributed by atoms with Crippen molar-refractivity contribution in [3.05, 3.63) is 65.1 Å². The van der Waals surface area contributed by atoms with Crippen molar-refractivity contribution in [3.63, 3.8) is 0 Å². The molecule has 0 aromatic carbocycles. The number of pyridine rings is 1. The lowest BCUT2D eigenvalue weighted by atomic mass is 10.0. The maximum atomic E-state index is 13.1. The highest BCUT2D eigenvalue weighted by Crippen LogP contribution is 2.40. The predicted octanol–water partition coefficient (Wildman–Crippen LogP) is 0.952. The van der Waals surface area contributed by atoms with E-state index in [1.165, 1.54) is 23.2 Å². The Morgan fingerprint density at radius 1 is 1.40 bits per heavy atom. The van der Waals surface area contributed by atoms with Crippen molar-refractivity contribution < 1.29 is 29.1 Å². The number of β-lactam (4-membered cyclic amide) rings is 1. The van der Waals surface area contributed by atoms with Crippen molar-refractivity contribution in [1.29, 1.82) is 0 Å². The van der Waals surface area contributed by atoms with E-state index < -0.39 is 29.2 Å². The van der Waals surface area contributed by atoms with Crippen LogP contribution in [0.3, 0.4) is 0 Å². The number of carboxylic acid groups (broad SMARTS) is 1. The summed E-state index contributed by atoms with van der Waals surface area (Å²) in [7, 11) is 0. The number of thiazole rings is 1. The van der Waals surface area contributed by atoms with Crippen LogP contribution in [0, 0.1) is 0 Å². The number of carboxylic acids is 1. The molecule has 1 fully saturated rings. The summed E-state index contributed by atoms with van der Waals surface area (Å²) in [5.41, 5.74) is 0.768. The summed E-state index contributed by atoms with van der Waals surface area (Å²) < 4.78 is 0. The van der Waals surface area contributed by atoms with Gasteiger partial charge in [-0.05, 0) is 17.7 Å². The lowest BCUT2D eigenvalue weighted by Crippen LogP contribution is -2.71. The number of oxime groups is 1. The molecule has 0 radical (unpaired) electrons. The molecule has 4 heterocycles. The van der Waals surface area contributed by atoms with Gasteiger partial charge in [-0.3, -0.25) is 24.3 Å². The molecule has 4 rings (SSSR count). The highest BCUT2D eigenvalue weighted by molar-refractivity contribution is 8.00. The largest absolute Gasteiger partial charge is 0.477 e. The summed E-state index contributed by atoms with van der Waals surface area (Å²) in [5, 5.41) is 19.6. The zero-order chi connectivity index (χ0) is 24.9. The summed E-state index contributed by atoms with van der Waals surface area (Å²) in [6.07, 6.45) is 3.44. The van der Waals surface area contributed by atoms with E-state index in [1.807, 2.05) is 0 Å². The number of anilines is 1. The van der Waals surface area contributed by atoms with E-state index in [1.54, 1.807) is 24.4 Å². The van der Waals surface area contributed by atoms with Gasteiger partial charge in [0, 0.05) is 17.3 Å². The number of rotatable bonds is 10. The molecule has 2 aromatic rings. The molecule has 12 nitrogen and oxygen atoms in total. The van der Waals surface area contributed by atoms with Crippen LogP contribution in [0.25, 0.3) is 0 Å². The lowest BCUT2D eigenvalue weighted by molar-refractivity contribution is -0.150. The summed E-state index contributed by atoms with van der Waals surface area (Å²) in [6.45, 7) is 3.59. The molecule has 14 heteroatoms. The Morgan fingerprint density at radius 3 is 2.91 bits per heavy atom. The Hall–Kier alpha value is -4.04. The molecule has 0 saturated carbocycles. The van der Waals surface area contributed by atoms with Gasteiger partial charge in [0.25, 0.3) is 11.8 Å². The van der Waals surface area contributed by atoms with Crippen LogP contribution in [-0.2, 0) is 30.6 Å². The van der Waals surface area contributed by atoms with Crippen LogP contribution in [-0.4, -0.2) is 67.0 Å². The quantitative estimate of drug-likeness (QED) is 0.181. The minimum atomic E-state index is -1.24. The fourth-order valence-corrected chi connectivity index (χ4v) is 5.35. The SMILES string of the molecule is C=CC1=C(C(=O)O)N2C(=O)C(NC(=O)C(=NOCc3ccccn3)c3csc(NC=O)n3)[C@@H]2SC1. The number of allylic oxidation sites excluding steroid dienone is 1. The number of fused-ring (bicyclic) bond motifs is 1. The number of hydrogen-bond acceptors (Lipinski definition) is 10. The van der Waals surface area contributed by atoms with Gasteiger partial charge >= 0.3 is 5.97 Å². The zero-order valence-corrected chi connectivity index (χ0v) is 19.5. The topological polar surface area (TPSA) is 163 Å². The van der Waals surface area contributed by atoms with Gasteiger partial charge in [-0.1, -0.05) is 23.9 Å². The molecule has 0 bridgehead atoms. The van der Waals surface area contributed by atoms with E-state index in [0.717, 1.165) is 16.2 Å². The average Bonchev–Trinajstić information content (AvgIpc) is 3.32. The number of nitrogens with zero attached hydrogens (tertiary/aromatic N) is 4. The number of aromatic nitrogens is 2. The standard InChI is InChI=1S/C21H18N6O6S2/c1-2-11-8-34-19-15(18(30)27(19)16(11)20(31)32)25-17(29)14(13-9-35-21(24-13)23-10-28)26-33-7-12-5-3-4-6-22-12/h2-6,9-10,15,19H,1,7-8H2,(H,25,29)(H,31,32)(H,23,24,28)/t15?,19-/m0/s1. The second-order valence-electron chi connectivity index (χ2n) is 7.08. The van der Waals surface area contributed by atoms with Gasteiger partial charge in [0.1, 0.15) is 22.8 Å². The third kappa shape index (κ3) is 4.93. The summed E-state index contributed by atoms with van der Waals surface area (Å²) in [4.78, 5) is 63.0. The first-order chi connectivity index (χ1) is 16.9. The van der Waals surface area contributed by atoms with Gasteiger partial charge in [0.2, 0.25) is 6.41 Å². The molecule has 3 N–H and O–H groups in total. The number of aliphatic carboxylic acids is 1. The molecule has 35 heavy (non-hydrogen) atoms. The third-order valence-corrected chi connectivity index (χ3v) is 7.05. The number of carbonyl (C=O) groups is 4. The third-order valence-electron chi connectivity index (χ3n) is 4.97. The molecule has 1 unspecified atom stereocenters. The molecule has 0 aliphatic carbocycles. The highest BCUT2D eigenvalue weighted by Gasteiger charge is 2.54. The van der Waals surface area contributed by atoms with Crippen LogP contribution in [0.4, 0.5) is 5.13 Å². The van der Waals surface area contributed by atoms with Crippen LogP contribution in [0.2, 0.25) is 0 Å². The minimum Gasteiger partial charge on any atom is -0.477 e. The molecular weight excluding hydrogens is 496 g/mol. The number of hydrogen-bond donors (Lipinski definition) is 3. The molecular formula is C21H18N6O6S2. The van der Waals surface area contributed by atoms with E-state index >= 15 is 0 Å². The van der Waals surface area contributed by atoms with E-state index in [-0.39, 0.29) is 28.8 Å². The van der Waals surface area contributed by atoms with Gasteiger partial charge in [0.15, 0.2) is 17.5 Å². The first-order valence-corrected chi connectivity index (χ1v) is 12.0. The van der Waals surface area contributed by atoms with Crippen LogP contribution in [0.5, 0.6) is 0 Å². The molecule has 3 amide bonds. The van der Waals surface area contributed by atoms with Crippen molar-refractivity contribution in [2.45, 2.75) is 18.0 Å². The van der Waals surface area contributed by atoms with E-state index in [9.17, 15) is 24.3 Å². The molecule has 180 valence electrons. The van der Waals surface area contributed by atoms with E-state index in [2.05, 4.69) is 32.3 Å². The Kier molecular flexibility index (Phi) is 7.22. The van der Waals surface area contributed by atoms with Crippen LogP contribution in [0.1, 0.15) is 11.4 Å². The smallest absolute Gasteiger partial charge is 0.352 e. The van der Waals surface area contributed by atoms with Crippen LogP contribution >= 0.6 is 23.1 Å². The zero-order valence-electron chi connectivity index (χ0n) is 17.9. The molecule has 2 atom stereocenters. The molecule has 2 aliphatic rings. The Balaban J connectivity index is 1.53. The van der Waals surface area contributed by atoms with Gasteiger partial charge in [0.05, 0.1) is 5.69 Å². The summed E-state index contributed by atoms with van der Waals surface area (Å²) in [5.74, 6) is -2.23. The monoisotopic (exact) mass is 514 g/mol. The number of nitrogens with one attached hydrogen (secondary N) is 2. The maximum Gasteiger partial charge on any atom is 0.352 e. The second-order valence-corrected chi connectivity index (χ2v) is 9.04. The number of carbonyl (C=O) groups excluding carboxylic acids is 3. The fourth-order valence-electron chi connectivity index (χ4n) is 3.36. The molecule has 1 saturated heterocycles. The first-order valence-electron chi connectivity index (χ1n) is 10.0. The van der Waals surface area contributed by atoms with Crippen molar-refractivity contribution in [2.24, 2.45) is 5.16 Å². The van der Waals surface area contributed by atoms with E-state index in [0.29, 0.717) is 23.4 Å². The second kappa shape index (κ2) is 10.5. The first kappa shape index (κ1) is 24.1. The molecule has 2 aromatic heterocycles. The van der Waals surface area contributed by atoms with Crippen molar-refractivity contribution in [1.82, 2.24) is 20.2 Å². The van der Waals surface area contributed by atoms with Crippen molar-refractivity contribution >= 4 is 58.1 Å². The number of thioether (sulfide) groups is 1.